The number of rotatable bonds is 5. The topological polar surface area (TPSA) is 66.8 Å². The van der Waals surface area contributed by atoms with Crippen LogP contribution in [0.4, 0.5) is 0 Å². The third-order valence-electron chi connectivity index (χ3n) is 3.71. The third kappa shape index (κ3) is 3.38. The van der Waals surface area contributed by atoms with Crippen molar-refractivity contribution in [1.29, 1.82) is 0 Å². The van der Waals surface area contributed by atoms with Crippen LogP contribution in [0.3, 0.4) is 0 Å². The summed E-state index contributed by atoms with van der Waals surface area (Å²) >= 11 is 0. The van der Waals surface area contributed by atoms with E-state index in [1.54, 1.807) is 31.3 Å². The maximum atomic E-state index is 12.5. The molecular formula is C14H21NO4S. The Morgan fingerprint density at radius 1 is 1.25 bits per heavy atom. The van der Waals surface area contributed by atoms with E-state index >= 15 is 0 Å². The highest BCUT2D eigenvalue weighted by atomic mass is 32.2. The van der Waals surface area contributed by atoms with Gasteiger partial charge in [0.25, 0.3) is 0 Å². The maximum absolute atomic E-state index is 12.5. The minimum atomic E-state index is -3.46. The van der Waals surface area contributed by atoms with Crippen LogP contribution in [-0.4, -0.2) is 50.7 Å². The second-order valence-corrected chi connectivity index (χ2v) is 6.98. The van der Waals surface area contributed by atoms with Crippen LogP contribution in [0.25, 0.3) is 0 Å². The molecule has 1 aliphatic rings. The molecule has 1 aromatic rings. The van der Waals surface area contributed by atoms with Crippen molar-refractivity contribution >= 4 is 10.0 Å². The summed E-state index contributed by atoms with van der Waals surface area (Å²) < 4.78 is 31.8. The first-order valence-electron chi connectivity index (χ1n) is 6.81. The van der Waals surface area contributed by atoms with Gasteiger partial charge in [-0.3, -0.25) is 0 Å². The van der Waals surface area contributed by atoms with Crippen molar-refractivity contribution in [2.75, 3.05) is 26.9 Å². The molecule has 6 heteroatoms. The van der Waals surface area contributed by atoms with E-state index in [1.807, 2.05) is 0 Å². The summed E-state index contributed by atoms with van der Waals surface area (Å²) in [6.45, 7) is 1.29. The number of ether oxygens (including phenoxy) is 1. The average molecular weight is 299 g/mol. The lowest BCUT2D eigenvalue weighted by Crippen LogP contribution is -2.40. The van der Waals surface area contributed by atoms with Gasteiger partial charge in [0.2, 0.25) is 10.0 Å². The van der Waals surface area contributed by atoms with Crippen molar-refractivity contribution in [2.24, 2.45) is 0 Å². The molecule has 0 saturated carbocycles. The van der Waals surface area contributed by atoms with E-state index in [-0.39, 0.29) is 12.6 Å². The van der Waals surface area contributed by atoms with Crippen molar-refractivity contribution in [1.82, 2.24) is 4.31 Å². The van der Waals surface area contributed by atoms with Gasteiger partial charge in [-0.25, -0.2) is 8.42 Å². The van der Waals surface area contributed by atoms with Gasteiger partial charge < -0.3 is 9.84 Å². The van der Waals surface area contributed by atoms with Crippen molar-refractivity contribution in [3.8, 4) is 0 Å². The van der Waals surface area contributed by atoms with Crippen molar-refractivity contribution < 1.29 is 18.3 Å². The quantitative estimate of drug-likeness (QED) is 0.881. The first-order chi connectivity index (χ1) is 9.55. The Bertz CT molecular complexity index is 521. The monoisotopic (exact) mass is 299 g/mol. The smallest absolute Gasteiger partial charge is 0.243 e. The van der Waals surface area contributed by atoms with Gasteiger partial charge in [0.1, 0.15) is 0 Å². The highest BCUT2D eigenvalue weighted by Gasteiger charge is 2.29. The maximum Gasteiger partial charge on any atom is 0.243 e. The minimum Gasteiger partial charge on any atom is -0.396 e. The molecule has 0 bridgehead atoms. The molecule has 2 rings (SSSR count). The molecule has 0 radical (unpaired) electrons. The predicted molar refractivity (Wildman–Crippen MR) is 76.0 cm³/mol. The summed E-state index contributed by atoms with van der Waals surface area (Å²) in [5.74, 6) is 0. The molecule has 1 aromatic carbocycles. The van der Waals surface area contributed by atoms with Crippen molar-refractivity contribution in [3.05, 3.63) is 29.8 Å². The summed E-state index contributed by atoms with van der Waals surface area (Å²) in [7, 11) is -1.82. The van der Waals surface area contributed by atoms with E-state index < -0.39 is 10.0 Å². The molecule has 1 N–H and O–H groups in total. The number of benzene rings is 1. The van der Waals surface area contributed by atoms with Crippen LogP contribution in [-0.2, 0) is 21.2 Å². The normalized spacial score (nSPS) is 17.6. The Balaban J connectivity index is 2.15. The van der Waals surface area contributed by atoms with Crippen LogP contribution in [0, 0.1) is 0 Å². The molecule has 0 aliphatic carbocycles. The molecule has 1 saturated heterocycles. The van der Waals surface area contributed by atoms with Gasteiger partial charge in [0, 0.05) is 32.9 Å². The number of hydrogen-bond donors (Lipinski definition) is 1. The Morgan fingerprint density at radius 3 is 2.40 bits per heavy atom. The summed E-state index contributed by atoms with van der Waals surface area (Å²) in [5, 5.41) is 8.87. The first kappa shape index (κ1) is 15.4. The second kappa shape index (κ2) is 6.67. The zero-order valence-electron chi connectivity index (χ0n) is 11.7. The van der Waals surface area contributed by atoms with Gasteiger partial charge in [0.05, 0.1) is 4.90 Å². The van der Waals surface area contributed by atoms with Crippen LogP contribution in [0.2, 0.25) is 0 Å². The second-order valence-electron chi connectivity index (χ2n) is 4.98. The minimum absolute atomic E-state index is 0.00543. The van der Waals surface area contributed by atoms with Crippen molar-refractivity contribution in [2.45, 2.75) is 30.2 Å². The summed E-state index contributed by atoms with van der Waals surface area (Å²) in [4.78, 5) is 0.299. The summed E-state index contributed by atoms with van der Waals surface area (Å²) in [5.41, 5.74) is 0.931. The Labute approximate surface area is 120 Å². The fraction of sp³-hybridized carbons (Fsp3) is 0.571. The first-order valence-corrected chi connectivity index (χ1v) is 8.25. The van der Waals surface area contributed by atoms with E-state index in [0.717, 1.165) is 18.4 Å². The summed E-state index contributed by atoms with van der Waals surface area (Å²) in [6, 6.07) is 6.72. The number of hydrogen-bond acceptors (Lipinski definition) is 4. The van der Waals surface area contributed by atoms with Crippen molar-refractivity contribution in [3.63, 3.8) is 0 Å². The molecule has 0 atom stereocenters. The lowest BCUT2D eigenvalue weighted by molar-refractivity contribution is 0.0632. The van der Waals surface area contributed by atoms with Crippen LogP contribution in [0.1, 0.15) is 18.4 Å². The van der Waals surface area contributed by atoms with Crippen LogP contribution >= 0.6 is 0 Å². The van der Waals surface area contributed by atoms with E-state index in [0.29, 0.717) is 24.5 Å². The highest BCUT2D eigenvalue weighted by Crippen LogP contribution is 2.22. The number of nitrogens with zero attached hydrogens (tertiary/aromatic N) is 1. The van der Waals surface area contributed by atoms with E-state index in [2.05, 4.69) is 0 Å². The SMILES string of the molecule is CN(C1CCOCC1)S(=O)(=O)c1ccc(CCO)cc1. The third-order valence-corrected chi connectivity index (χ3v) is 5.63. The van der Waals surface area contributed by atoms with E-state index in [9.17, 15) is 8.42 Å². The van der Waals surface area contributed by atoms with Gasteiger partial charge in [-0.2, -0.15) is 4.31 Å². The Kier molecular flexibility index (Phi) is 5.15. The highest BCUT2D eigenvalue weighted by molar-refractivity contribution is 7.89. The predicted octanol–water partition coefficient (Wildman–Crippen LogP) is 1.02. The average Bonchev–Trinajstić information content (AvgIpc) is 2.48. The zero-order valence-corrected chi connectivity index (χ0v) is 12.5. The molecule has 0 spiro atoms. The fourth-order valence-electron chi connectivity index (χ4n) is 2.37. The van der Waals surface area contributed by atoms with E-state index in [4.69, 9.17) is 9.84 Å². The van der Waals surface area contributed by atoms with E-state index in [1.165, 1.54) is 4.31 Å². The molecule has 0 unspecified atom stereocenters. The summed E-state index contributed by atoms with van der Waals surface area (Å²) in [6.07, 6.45) is 2.01. The van der Waals surface area contributed by atoms with Crippen LogP contribution < -0.4 is 0 Å². The zero-order chi connectivity index (χ0) is 14.6. The molecule has 1 fully saturated rings. The lowest BCUT2D eigenvalue weighted by Gasteiger charge is -2.30. The number of sulfonamides is 1. The van der Waals surface area contributed by atoms with Gasteiger partial charge in [-0.15, -0.1) is 0 Å². The van der Waals surface area contributed by atoms with Gasteiger partial charge in [-0.05, 0) is 37.0 Å². The van der Waals surface area contributed by atoms with Gasteiger partial charge in [0.15, 0.2) is 0 Å². The Morgan fingerprint density at radius 2 is 1.85 bits per heavy atom. The Hall–Kier alpha value is -0.950. The molecule has 1 aliphatic heterocycles. The lowest BCUT2D eigenvalue weighted by atomic mass is 10.1. The molecule has 1 heterocycles. The molecule has 0 amide bonds. The molecule has 0 aromatic heterocycles. The largest absolute Gasteiger partial charge is 0.396 e. The number of aliphatic hydroxyl groups excluding tert-OH is 1. The van der Waals surface area contributed by atoms with Gasteiger partial charge in [-0.1, -0.05) is 12.1 Å². The molecule has 20 heavy (non-hydrogen) atoms. The molecule has 5 nitrogen and oxygen atoms in total. The molecule has 112 valence electrons. The number of aliphatic hydroxyl groups is 1. The molecular weight excluding hydrogens is 278 g/mol. The fourth-order valence-corrected chi connectivity index (χ4v) is 3.78. The van der Waals surface area contributed by atoms with Crippen LogP contribution in [0.15, 0.2) is 29.2 Å². The van der Waals surface area contributed by atoms with Gasteiger partial charge >= 0.3 is 0 Å². The standard InChI is InChI=1S/C14H21NO4S/c1-15(13-7-10-19-11-8-13)20(17,18)14-4-2-12(3-5-14)6-9-16/h2-5,13,16H,6-11H2,1H3. The van der Waals surface area contributed by atoms with Crippen LogP contribution in [0.5, 0.6) is 0 Å².